The Bertz CT molecular complexity index is 1600. The number of hydrogen-bond donors (Lipinski definition) is 4. The summed E-state index contributed by atoms with van der Waals surface area (Å²) in [6.07, 6.45) is -1.93. The highest BCUT2D eigenvalue weighted by Gasteiger charge is 2.32. The van der Waals surface area contributed by atoms with E-state index < -0.39 is 49.4 Å². The van der Waals surface area contributed by atoms with E-state index in [1.807, 2.05) is 97.1 Å². The predicted octanol–water partition coefficient (Wildman–Crippen LogP) is 4.99. The van der Waals surface area contributed by atoms with E-state index in [0.29, 0.717) is 0 Å². The highest BCUT2D eigenvalue weighted by Crippen LogP contribution is 2.45. The van der Waals surface area contributed by atoms with Crippen LogP contribution in [0.4, 0.5) is 9.59 Å². The SMILES string of the molecule is O=C(NC(COCC(NC(=O)OCC1c2ccccc2-c2ccccc21)C(=O)O)C(=O)O)OCC1c2ccccc2-c2ccccc21. The monoisotopic (exact) mass is 636 g/mol. The zero-order valence-electron chi connectivity index (χ0n) is 25.1. The van der Waals surface area contributed by atoms with Crippen LogP contribution in [0, 0.1) is 0 Å². The van der Waals surface area contributed by atoms with Crippen LogP contribution in [-0.4, -0.2) is 72.8 Å². The molecule has 240 valence electrons. The van der Waals surface area contributed by atoms with Gasteiger partial charge in [-0.3, -0.25) is 0 Å². The molecule has 4 aromatic rings. The van der Waals surface area contributed by atoms with E-state index in [9.17, 15) is 29.4 Å². The van der Waals surface area contributed by atoms with E-state index in [2.05, 4.69) is 10.6 Å². The second-order valence-electron chi connectivity index (χ2n) is 11.3. The molecule has 2 unspecified atom stereocenters. The van der Waals surface area contributed by atoms with Crippen molar-refractivity contribution in [1.29, 1.82) is 0 Å². The maximum atomic E-state index is 12.6. The number of hydrogen-bond acceptors (Lipinski definition) is 7. The first-order chi connectivity index (χ1) is 22.8. The third-order valence-electron chi connectivity index (χ3n) is 8.44. The van der Waals surface area contributed by atoms with Gasteiger partial charge in [-0.2, -0.15) is 0 Å². The molecule has 6 rings (SSSR count). The van der Waals surface area contributed by atoms with Gasteiger partial charge in [0.25, 0.3) is 0 Å². The van der Waals surface area contributed by atoms with Crippen LogP contribution in [0.5, 0.6) is 0 Å². The number of carbonyl (C=O) groups is 4. The van der Waals surface area contributed by atoms with Crippen LogP contribution in [0.15, 0.2) is 97.1 Å². The summed E-state index contributed by atoms with van der Waals surface area (Å²) in [7, 11) is 0. The number of ether oxygens (including phenoxy) is 3. The van der Waals surface area contributed by atoms with E-state index in [1.54, 1.807) is 0 Å². The molecule has 11 nitrogen and oxygen atoms in total. The Morgan fingerprint density at radius 2 is 0.830 bits per heavy atom. The molecule has 11 heteroatoms. The zero-order valence-corrected chi connectivity index (χ0v) is 25.1. The summed E-state index contributed by atoms with van der Waals surface area (Å²) in [6.45, 7) is -1.18. The average Bonchev–Trinajstić information content (AvgIpc) is 3.57. The smallest absolute Gasteiger partial charge is 0.407 e. The van der Waals surface area contributed by atoms with Crippen molar-refractivity contribution in [2.24, 2.45) is 0 Å². The topological polar surface area (TPSA) is 160 Å². The molecule has 2 aliphatic carbocycles. The minimum absolute atomic E-state index is 0.0157. The van der Waals surface area contributed by atoms with Crippen molar-refractivity contribution < 1.29 is 43.6 Å². The molecular weight excluding hydrogens is 604 g/mol. The minimum atomic E-state index is -1.53. The Labute approximate surface area is 270 Å². The van der Waals surface area contributed by atoms with Gasteiger partial charge in [0.1, 0.15) is 13.2 Å². The fraction of sp³-hybridized carbons (Fsp3) is 0.222. The Hall–Kier alpha value is -5.68. The number of alkyl carbamates (subject to hydrolysis) is 2. The van der Waals surface area contributed by atoms with Gasteiger partial charge in [-0.25, -0.2) is 19.2 Å². The maximum Gasteiger partial charge on any atom is 0.407 e. The first-order valence-electron chi connectivity index (χ1n) is 15.1. The van der Waals surface area contributed by atoms with Crippen LogP contribution in [-0.2, 0) is 23.8 Å². The molecule has 4 aromatic carbocycles. The number of fused-ring (bicyclic) bond motifs is 6. The molecule has 0 radical (unpaired) electrons. The fourth-order valence-electron chi connectivity index (χ4n) is 6.22. The van der Waals surface area contributed by atoms with Gasteiger partial charge in [0.05, 0.1) is 13.2 Å². The molecule has 2 amide bonds. The molecule has 0 aliphatic heterocycles. The molecule has 2 atom stereocenters. The molecule has 0 fully saturated rings. The number of nitrogens with one attached hydrogen (secondary N) is 2. The lowest BCUT2D eigenvalue weighted by Gasteiger charge is -2.19. The van der Waals surface area contributed by atoms with E-state index >= 15 is 0 Å². The van der Waals surface area contributed by atoms with Gasteiger partial charge in [-0.05, 0) is 44.5 Å². The predicted molar refractivity (Wildman–Crippen MR) is 170 cm³/mol. The number of benzene rings is 4. The summed E-state index contributed by atoms with van der Waals surface area (Å²) >= 11 is 0. The molecule has 0 spiro atoms. The highest BCUT2D eigenvalue weighted by atomic mass is 16.6. The second-order valence-corrected chi connectivity index (χ2v) is 11.3. The number of carboxylic acid groups (broad SMARTS) is 2. The molecular formula is C36H32N2O9. The summed E-state index contributed by atoms with van der Waals surface area (Å²) in [5, 5.41) is 23.8. The Morgan fingerprint density at radius 1 is 0.532 bits per heavy atom. The standard InChI is InChI=1S/C36H32N2O9/c39-33(40)31(37-35(43)46-17-29-25-13-5-1-9-21(25)22-10-2-6-14-26(22)29)19-45-20-32(34(41)42)38-36(44)47-18-30-27-15-7-3-11-23(27)24-12-4-8-16-28(24)30/h1-16,29-32H,17-20H2,(H,37,43)(H,38,44)(H,39,40)(H,41,42). The lowest BCUT2D eigenvalue weighted by atomic mass is 9.98. The van der Waals surface area contributed by atoms with Gasteiger partial charge in [-0.15, -0.1) is 0 Å². The first kappa shape index (κ1) is 31.3. The van der Waals surface area contributed by atoms with Crippen molar-refractivity contribution in [2.75, 3.05) is 26.4 Å². The number of carboxylic acids is 2. The van der Waals surface area contributed by atoms with E-state index in [1.165, 1.54) is 0 Å². The van der Waals surface area contributed by atoms with Crippen molar-refractivity contribution in [1.82, 2.24) is 10.6 Å². The first-order valence-corrected chi connectivity index (χ1v) is 15.1. The van der Waals surface area contributed by atoms with Gasteiger partial charge in [0, 0.05) is 11.8 Å². The molecule has 0 aromatic heterocycles. The Morgan fingerprint density at radius 3 is 1.13 bits per heavy atom. The highest BCUT2D eigenvalue weighted by molar-refractivity contribution is 5.82. The number of rotatable bonds is 12. The molecule has 47 heavy (non-hydrogen) atoms. The fourth-order valence-corrected chi connectivity index (χ4v) is 6.22. The molecule has 0 bridgehead atoms. The normalized spacial score (nSPS) is 14.1. The van der Waals surface area contributed by atoms with E-state index in [4.69, 9.17) is 14.2 Å². The van der Waals surface area contributed by atoms with Crippen LogP contribution >= 0.6 is 0 Å². The molecule has 0 saturated heterocycles. The lowest BCUT2D eigenvalue weighted by Crippen LogP contribution is -2.47. The average molecular weight is 637 g/mol. The summed E-state index contributed by atoms with van der Waals surface area (Å²) in [4.78, 5) is 48.9. The van der Waals surface area contributed by atoms with E-state index in [0.717, 1.165) is 44.5 Å². The van der Waals surface area contributed by atoms with Crippen molar-refractivity contribution in [3.05, 3.63) is 119 Å². The van der Waals surface area contributed by atoms with Gasteiger partial charge >= 0.3 is 24.1 Å². The lowest BCUT2D eigenvalue weighted by molar-refractivity contribution is -0.142. The third kappa shape index (κ3) is 6.66. The van der Waals surface area contributed by atoms with Crippen molar-refractivity contribution >= 4 is 24.1 Å². The number of aliphatic carboxylic acids is 2. The molecule has 0 heterocycles. The summed E-state index contributed by atoms with van der Waals surface area (Å²) < 4.78 is 16.2. The van der Waals surface area contributed by atoms with Crippen LogP contribution < -0.4 is 10.6 Å². The van der Waals surface area contributed by atoms with Gasteiger partial charge in [0.2, 0.25) is 0 Å². The molecule has 4 N–H and O–H groups in total. The van der Waals surface area contributed by atoms with Crippen LogP contribution in [0.2, 0.25) is 0 Å². The third-order valence-corrected chi connectivity index (χ3v) is 8.44. The maximum absolute atomic E-state index is 12.6. The van der Waals surface area contributed by atoms with Crippen LogP contribution in [0.25, 0.3) is 22.3 Å². The quantitative estimate of drug-likeness (QED) is 0.168. The van der Waals surface area contributed by atoms with E-state index in [-0.39, 0.29) is 25.0 Å². The number of carbonyl (C=O) groups excluding carboxylic acids is 2. The molecule has 2 aliphatic rings. The summed E-state index contributed by atoms with van der Waals surface area (Å²) in [5.74, 6) is -3.24. The Balaban J connectivity index is 0.987. The van der Waals surface area contributed by atoms with Crippen LogP contribution in [0.3, 0.4) is 0 Å². The summed E-state index contributed by atoms with van der Waals surface area (Å²) in [6, 6.07) is 28.1. The van der Waals surface area contributed by atoms with Crippen LogP contribution in [0.1, 0.15) is 34.1 Å². The van der Waals surface area contributed by atoms with Gasteiger partial charge in [0.15, 0.2) is 12.1 Å². The second kappa shape index (κ2) is 13.8. The van der Waals surface area contributed by atoms with Crippen molar-refractivity contribution in [3.8, 4) is 22.3 Å². The molecule has 0 saturated carbocycles. The van der Waals surface area contributed by atoms with Gasteiger partial charge < -0.3 is 35.1 Å². The minimum Gasteiger partial charge on any atom is -0.480 e. The van der Waals surface area contributed by atoms with Gasteiger partial charge in [-0.1, -0.05) is 97.1 Å². The van der Waals surface area contributed by atoms with Crippen molar-refractivity contribution in [3.63, 3.8) is 0 Å². The summed E-state index contributed by atoms with van der Waals surface area (Å²) in [5.41, 5.74) is 8.21. The Kier molecular flexibility index (Phi) is 9.16. The number of amides is 2. The zero-order chi connectivity index (χ0) is 32.9. The van der Waals surface area contributed by atoms with Crippen molar-refractivity contribution in [2.45, 2.75) is 23.9 Å². The largest absolute Gasteiger partial charge is 0.480 e.